The standard InChI is InChI=1S/C15H15N3O2/c1-9-6-13(20-4)10(2)5-12(9)14-11(7-16)8-18(3)15(19)17-14/h5-6,8H,1-4H3. The molecule has 0 spiro atoms. The zero-order valence-electron chi connectivity index (χ0n) is 11.9. The number of hydrogen-bond acceptors (Lipinski definition) is 4. The van der Waals surface area contributed by atoms with Gasteiger partial charge in [-0.3, -0.25) is 0 Å². The third-order valence-electron chi connectivity index (χ3n) is 3.20. The summed E-state index contributed by atoms with van der Waals surface area (Å²) < 4.78 is 6.56. The molecular weight excluding hydrogens is 254 g/mol. The molecule has 2 rings (SSSR count). The van der Waals surface area contributed by atoms with Crippen LogP contribution in [0.15, 0.2) is 23.1 Å². The molecule has 1 aromatic carbocycles. The van der Waals surface area contributed by atoms with E-state index in [4.69, 9.17) is 4.74 Å². The Bertz CT molecular complexity index is 770. The minimum Gasteiger partial charge on any atom is -0.496 e. The third kappa shape index (κ3) is 2.28. The number of aromatic nitrogens is 2. The lowest BCUT2D eigenvalue weighted by atomic mass is 9.99. The molecule has 0 fully saturated rings. The van der Waals surface area contributed by atoms with Crippen molar-refractivity contribution in [2.24, 2.45) is 7.05 Å². The monoisotopic (exact) mass is 269 g/mol. The quantitative estimate of drug-likeness (QED) is 0.835. The highest BCUT2D eigenvalue weighted by molar-refractivity contribution is 5.71. The summed E-state index contributed by atoms with van der Waals surface area (Å²) in [6, 6.07) is 5.85. The normalized spacial score (nSPS) is 10.2. The van der Waals surface area contributed by atoms with Crippen LogP contribution in [0.2, 0.25) is 0 Å². The van der Waals surface area contributed by atoms with Crippen molar-refractivity contribution in [1.82, 2.24) is 9.55 Å². The number of aryl methyl sites for hydroxylation is 3. The third-order valence-corrected chi connectivity index (χ3v) is 3.20. The molecule has 1 aromatic heterocycles. The molecular formula is C15H15N3O2. The van der Waals surface area contributed by atoms with Gasteiger partial charge in [-0.15, -0.1) is 0 Å². The Hall–Kier alpha value is -2.61. The van der Waals surface area contributed by atoms with Crippen molar-refractivity contribution in [3.63, 3.8) is 0 Å². The molecule has 102 valence electrons. The van der Waals surface area contributed by atoms with E-state index in [0.29, 0.717) is 11.3 Å². The van der Waals surface area contributed by atoms with Crippen LogP contribution in [-0.2, 0) is 7.05 Å². The van der Waals surface area contributed by atoms with Gasteiger partial charge in [-0.05, 0) is 37.1 Å². The van der Waals surface area contributed by atoms with Crippen LogP contribution in [0.4, 0.5) is 0 Å². The number of benzene rings is 1. The fraction of sp³-hybridized carbons (Fsp3) is 0.267. The van der Waals surface area contributed by atoms with Crippen LogP contribution < -0.4 is 10.4 Å². The average molecular weight is 269 g/mol. The first-order valence-corrected chi connectivity index (χ1v) is 6.11. The van der Waals surface area contributed by atoms with Crippen molar-refractivity contribution < 1.29 is 4.74 Å². The summed E-state index contributed by atoms with van der Waals surface area (Å²) >= 11 is 0. The number of nitriles is 1. The first kappa shape index (κ1) is 13.8. The van der Waals surface area contributed by atoms with Crippen LogP contribution >= 0.6 is 0 Å². The van der Waals surface area contributed by atoms with Crippen LogP contribution in [0, 0.1) is 25.2 Å². The summed E-state index contributed by atoms with van der Waals surface area (Å²) in [4.78, 5) is 15.7. The van der Waals surface area contributed by atoms with Gasteiger partial charge in [0.2, 0.25) is 0 Å². The molecule has 1 heterocycles. The summed E-state index contributed by atoms with van der Waals surface area (Å²) in [6.07, 6.45) is 1.50. The van der Waals surface area contributed by atoms with Gasteiger partial charge in [-0.25, -0.2) is 4.79 Å². The number of hydrogen-bond donors (Lipinski definition) is 0. The second-order valence-corrected chi connectivity index (χ2v) is 4.65. The van der Waals surface area contributed by atoms with E-state index in [-0.39, 0.29) is 5.69 Å². The van der Waals surface area contributed by atoms with Crippen LogP contribution in [0.1, 0.15) is 16.7 Å². The second-order valence-electron chi connectivity index (χ2n) is 4.65. The Morgan fingerprint density at radius 1 is 1.30 bits per heavy atom. The van der Waals surface area contributed by atoms with E-state index < -0.39 is 0 Å². The van der Waals surface area contributed by atoms with E-state index in [2.05, 4.69) is 11.1 Å². The van der Waals surface area contributed by atoms with Gasteiger partial charge in [0.05, 0.1) is 18.4 Å². The fourth-order valence-corrected chi connectivity index (χ4v) is 2.10. The largest absolute Gasteiger partial charge is 0.496 e. The number of methoxy groups -OCH3 is 1. The maximum atomic E-state index is 11.7. The molecule has 0 saturated heterocycles. The Morgan fingerprint density at radius 2 is 2.00 bits per heavy atom. The van der Waals surface area contributed by atoms with Crippen molar-refractivity contribution in [2.45, 2.75) is 13.8 Å². The molecule has 0 atom stereocenters. The first-order valence-electron chi connectivity index (χ1n) is 6.11. The van der Waals surface area contributed by atoms with Crippen LogP contribution in [0.5, 0.6) is 5.75 Å². The van der Waals surface area contributed by atoms with Gasteiger partial charge < -0.3 is 9.30 Å². The Kier molecular flexibility index (Phi) is 3.57. The van der Waals surface area contributed by atoms with Crippen LogP contribution in [0.3, 0.4) is 0 Å². The van der Waals surface area contributed by atoms with E-state index in [0.717, 1.165) is 22.4 Å². The summed E-state index contributed by atoms with van der Waals surface area (Å²) in [7, 11) is 3.19. The zero-order chi connectivity index (χ0) is 14.9. The smallest absolute Gasteiger partial charge is 0.347 e. The Morgan fingerprint density at radius 3 is 2.60 bits per heavy atom. The van der Waals surface area contributed by atoms with Crippen LogP contribution in [0.25, 0.3) is 11.3 Å². The topological polar surface area (TPSA) is 67.9 Å². The van der Waals surface area contributed by atoms with Gasteiger partial charge in [-0.1, -0.05) is 0 Å². The Balaban J connectivity index is 2.75. The molecule has 0 unspecified atom stereocenters. The van der Waals surface area contributed by atoms with Gasteiger partial charge in [0, 0.05) is 18.8 Å². The molecule has 0 aliphatic heterocycles. The van der Waals surface area contributed by atoms with Gasteiger partial charge in [0.25, 0.3) is 0 Å². The minimum absolute atomic E-state index is 0.375. The maximum Gasteiger partial charge on any atom is 0.347 e. The zero-order valence-corrected chi connectivity index (χ0v) is 11.9. The molecule has 0 saturated carbocycles. The SMILES string of the molecule is COc1cc(C)c(-c2nc(=O)n(C)cc2C#N)cc1C. The summed E-state index contributed by atoms with van der Waals surface area (Å²) in [5, 5.41) is 9.23. The summed E-state index contributed by atoms with van der Waals surface area (Å²) in [5.41, 5.74) is 3.02. The van der Waals surface area contributed by atoms with Gasteiger partial charge in [0.15, 0.2) is 0 Å². The van der Waals surface area contributed by atoms with Crippen LogP contribution in [-0.4, -0.2) is 16.7 Å². The van der Waals surface area contributed by atoms with Gasteiger partial charge in [0.1, 0.15) is 11.8 Å². The lowest BCUT2D eigenvalue weighted by molar-refractivity contribution is 0.411. The van der Waals surface area contributed by atoms with Crippen molar-refractivity contribution in [1.29, 1.82) is 5.26 Å². The minimum atomic E-state index is -0.383. The van der Waals surface area contributed by atoms with Crippen molar-refractivity contribution in [3.8, 4) is 23.1 Å². The molecule has 0 N–H and O–H groups in total. The highest BCUT2D eigenvalue weighted by Gasteiger charge is 2.14. The van der Waals surface area contributed by atoms with E-state index in [1.807, 2.05) is 26.0 Å². The molecule has 0 amide bonds. The van der Waals surface area contributed by atoms with E-state index in [9.17, 15) is 10.1 Å². The highest BCUT2D eigenvalue weighted by atomic mass is 16.5. The molecule has 5 heteroatoms. The molecule has 20 heavy (non-hydrogen) atoms. The predicted octanol–water partition coefficient (Wildman–Crippen LogP) is 1.94. The maximum absolute atomic E-state index is 11.7. The van der Waals surface area contributed by atoms with E-state index >= 15 is 0 Å². The molecule has 0 aliphatic carbocycles. The molecule has 0 bridgehead atoms. The molecule has 5 nitrogen and oxygen atoms in total. The summed E-state index contributed by atoms with van der Waals surface area (Å²) in [5.74, 6) is 0.772. The molecule has 0 radical (unpaired) electrons. The number of nitrogens with zero attached hydrogens (tertiary/aromatic N) is 3. The van der Waals surface area contributed by atoms with Crippen molar-refractivity contribution in [3.05, 3.63) is 45.5 Å². The first-order chi connectivity index (χ1) is 9.47. The summed E-state index contributed by atoms with van der Waals surface area (Å²) in [6.45, 7) is 3.81. The predicted molar refractivity (Wildman–Crippen MR) is 75.7 cm³/mol. The van der Waals surface area contributed by atoms with Gasteiger partial charge >= 0.3 is 5.69 Å². The van der Waals surface area contributed by atoms with Crippen molar-refractivity contribution in [2.75, 3.05) is 7.11 Å². The number of rotatable bonds is 2. The lowest BCUT2D eigenvalue weighted by Crippen LogP contribution is -2.21. The Labute approximate surface area is 117 Å². The van der Waals surface area contributed by atoms with E-state index in [1.54, 1.807) is 14.2 Å². The molecule has 2 aromatic rings. The molecule has 0 aliphatic rings. The second kappa shape index (κ2) is 5.17. The lowest BCUT2D eigenvalue weighted by Gasteiger charge is -2.12. The van der Waals surface area contributed by atoms with Crippen molar-refractivity contribution >= 4 is 0 Å². The average Bonchev–Trinajstić information content (AvgIpc) is 2.43. The number of ether oxygens (including phenoxy) is 1. The fourth-order valence-electron chi connectivity index (χ4n) is 2.10. The van der Waals surface area contributed by atoms with Gasteiger partial charge in [-0.2, -0.15) is 10.2 Å². The van der Waals surface area contributed by atoms with E-state index in [1.165, 1.54) is 10.8 Å². The highest BCUT2D eigenvalue weighted by Crippen LogP contribution is 2.29.